The van der Waals surface area contributed by atoms with E-state index in [4.69, 9.17) is 0 Å². The highest BCUT2D eigenvalue weighted by Crippen LogP contribution is 2.38. The second-order valence-electron chi connectivity index (χ2n) is 3.19. The molecule has 0 nitrogen and oxygen atoms in total. The molecule has 1 unspecified atom stereocenters. The van der Waals surface area contributed by atoms with Crippen molar-refractivity contribution < 1.29 is 0 Å². The SMILES string of the molecule is BrC(Cc1ccsc1)C1CC1. The highest BCUT2D eigenvalue weighted by Gasteiger charge is 2.29. The summed E-state index contributed by atoms with van der Waals surface area (Å²) in [5, 5.41) is 4.40. The standard InChI is InChI=1S/C9H11BrS/c10-9(8-1-2-8)5-7-3-4-11-6-7/h3-4,6,8-9H,1-2,5H2. The van der Waals surface area contributed by atoms with E-state index in [9.17, 15) is 0 Å². The van der Waals surface area contributed by atoms with Crippen molar-refractivity contribution in [1.82, 2.24) is 0 Å². The Balaban J connectivity index is 1.89. The van der Waals surface area contributed by atoms with Gasteiger partial charge in [0, 0.05) is 4.83 Å². The average Bonchev–Trinajstić information content (AvgIpc) is 2.73. The van der Waals surface area contributed by atoms with E-state index < -0.39 is 0 Å². The van der Waals surface area contributed by atoms with Crippen molar-refractivity contribution in [2.45, 2.75) is 24.1 Å². The second-order valence-corrected chi connectivity index (χ2v) is 5.15. The maximum absolute atomic E-state index is 3.73. The number of rotatable bonds is 3. The second kappa shape index (κ2) is 3.28. The molecule has 0 aliphatic heterocycles. The number of halogens is 1. The topological polar surface area (TPSA) is 0 Å². The van der Waals surface area contributed by atoms with Crippen molar-refractivity contribution in [3.05, 3.63) is 22.4 Å². The molecule has 0 N–H and O–H groups in total. The van der Waals surface area contributed by atoms with Gasteiger partial charge in [0.1, 0.15) is 0 Å². The van der Waals surface area contributed by atoms with Gasteiger partial charge in [0.15, 0.2) is 0 Å². The summed E-state index contributed by atoms with van der Waals surface area (Å²) in [6, 6.07) is 2.22. The molecular weight excluding hydrogens is 220 g/mol. The fraction of sp³-hybridized carbons (Fsp3) is 0.556. The maximum atomic E-state index is 3.73. The van der Waals surface area contributed by atoms with Crippen molar-refractivity contribution in [2.24, 2.45) is 5.92 Å². The molecular formula is C9H11BrS. The quantitative estimate of drug-likeness (QED) is 0.699. The van der Waals surface area contributed by atoms with Gasteiger partial charge in [-0.05, 0) is 47.6 Å². The van der Waals surface area contributed by atoms with Crippen LogP contribution in [0.2, 0.25) is 0 Å². The van der Waals surface area contributed by atoms with E-state index >= 15 is 0 Å². The van der Waals surface area contributed by atoms with Crippen LogP contribution in [0.4, 0.5) is 0 Å². The van der Waals surface area contributed by atoms with Gasteiger partial charge < -0.3 is 0 Å². The molecule has 60 valence electrons. The van der Waals surface area contributed by atoms with Crippen LogP contribution in [0.5, 0.6) is 0 Å². The first-order valence-electron chi connectivity index (χ1n) is 4.01. The van der Waals surface area contributed by atoms with Crippen LogP contribution in [0.15, 0.2) is 16.8 Å². The third kappa shape index (κ3) is 2.06. The van der Waals surface area contributed by atoms with Crippen LogP contribution in [0, 0.1) is 5.92 Å². The summed E-state index contributed by atoms with van der Waals surface area (Å²) in [5.41, 5.74) is 1.49. The summed E-state index contributed by atoms with van der Waals surface area (Å²) < 4.78 is 0. The molecule has 0 radical (unpaired) electrons. The molecule has 1 atom stereocenters. The van der Waals surface area contributed by atoms with Gasteiger partial charge in [0.25, 0.3) is 0 Å². The predicted octanol–water partition coefficient (Wildman–Crippen LogP) is 3.46. The first kappa shape index (κ1) is 7.81. The van der Waals surface area contributed by atoms with Crippen LogP contribution in [-0.4, -0.2) is 4.83 Å². The predicted molar refractivity (Wildman–Crippen MR) is 53.5 cm³/mol. The van der Waals surface area contributed by atoms with Gasteiger partial charge in [0.05, 0.1) is 0 Å². The highest BCUT2D eigenvalue weighted by molar-refractivity contribution is 9.09. The lowest BCUT2D eigenvalue weighted by atomic mass is 10.1. The fourth-order valence-corrected chi connectivity index (χ4v) is 2.84. The minimum Gasteiger partial charge on any atom is -0.152 e. The molecule has 1 aliphatic rings. The lowest BCUT2D eigenvalue weighted by Gasteiger charge is -2.04. The van der Waals surface area contributed by atoms with E-state index in [2.05, 4.69) is 32.8 Å². The van der Waals surface area contributed by atoms with Gasteiger partial charge in [0.2, 0.25) is 0 Å². The molecule has 11 heavy (non-hydrogen) atoms. The number of thiophene rings is 1. The number of hydrogen-bond donors (Lipinski definition) is 0. The Bertz CT molecular complexity index is 213. The monoisotopic (exact) mass is 230 g/mol. The van der Waals surface area contributed by atoms with Gasteiger partial charge >= 0.3 is 0 Å². The minimum absolute atomic E-state index is 0.733. The molecule has 2 rings (SSSR count). The normalized spacial score (nSPS) is 20.1. The first-order valence-corrected chi connectivity index (χ1v) is 5.87. The molecule has 0 aromatic carbocycles. The van der Waals surface area contributed by atoms with E-state index in [0.29, 0.717) is 0 Å². The lowest BCUT2D eigenvalue weighted by Crippen LogP contribution is -2.03. The zero-order valence-corrected chi connectivity index (χ0v) is 8.70. The first-order chi connectivity index (χ1) is 5.36. The zero-order chi connectivity index (χ0) is 7.68. The van der Waals surface area contributed by atoms with Gasteiger partial charge in [-0.15, -0.1) is 0 Å². The minimum atomic E-state index is 0.733. The summed E-state index contributed by atoms with van der Waals surface area (Å²) in [6.07, 6.45) is 4.08. The smallest absolute Gasteiger partial charge is 0.0214 e. The van der Waals surface area contributed by atoms with Gasteiger partial charge in [-0.25, -0.2) is 0 Å². The Labute approximate surface area is 79.8 Å². The van der Waals surface area contributed by atoms with Gasteiger partial charge in [-0.3, -0.25) is 0 Å². The van der Waals surface area contributed by atoms with Crippen molar-refractivity contribution >= 4 is 27.3 Å². The van der Waals surface area contributed by atoms with E-state index in [0.717, 1.165) is 10.7 Å². The lowest BCUT2D eigenvalue weighted by molar-refractivity contribution is 0.762. The molecule has 0 amide bonds. The van der Waals surface area contributed by atoms with Crippen LogP contribution >= 0.6 is 27.3 Å². The summed E-state index contributed by atoms with van der Waals surface area (Å²) in [7, 11) is 0. The molecule has 0 spiro atoms. The summed E-state index contributed by atoms with van der Waals surface area (Å²) >= 11 is 5.52. The van der Waals surface area contributed by atoms with Crippen molar-refractivity contribution in [3.8, 4) is 0 Å². The molecule has 1 fully saturated rings. The molecule has 0 bridgehead atoms. The Hall–Kier alpha value is 0.180. The van der Waals surface area contributed by atoms with Crippen LogP contribution in [0.25, 0.3) is 0 Å². The summed E-state index contributed by atoms with van der Waals surface area (Å²) in [6.45, 7) is 0. The van der Waals surface area contributed by atoms with E-state index in [1.807, 2.05) is 0 Å². The molecule has 1 heterocycles. The van der Waals surface area contributed by atoms with Crippen LogP contribution in [-0.2, 0) is 6.42 Å². The average molecular weight is 231 g/mol. The van der Waals surface area contributed by atoms with E-state index in [-0.39, 0.29) is 0 Å². The largest absolute Gasteiger partial charge is 0.152 e. The Morgan fingerprint density at radius 1 is 1.64 bits per heavy atom. The maximum Gasteiger partial charge on any atom is 0.0214 e. The highest BCUT2D eigenvalue weighted by atomic mass is 79.9. The Morgan fingerprint density at radius 3 is 3.00 bits per heavy atom. The van der Waals surface area contributed by atoms with Gasteiger partial charge in [-0.2, -0.15) is 11.3 Å². The molecule has 1 aromatic heterocycles. The van der Waals surface area contributed by atoms with Crippen molar-refractivity contribution in [3.63, 3.8) is 0 Å². The van der Waals surface area contributed by atoms with Crippen molar-refractivity contribution in [1.29, 1.82) is 0 Å². The van der Waals surface area contributed by atoms with Crippen LogP contribution < -0.4 is 0 Å². The number of alkyl halides is 1. The molecule has 0 saturated heterocycles. The fourth-order valence-electron chi connectivity index (χ4n) is 1.26. The van der Waals surface area contributed by atoms with E-state index in [1.165, 1.54) is 24.8 Å². The third-order valence-corrected chi connectivity index (χ3v) is 3.95. The Morgan fingerprint density at radius 2 is 2.45 bits per heavy atom. The summed E-state index contributed by atoms with van der Waals surface area (Å²) in [4.78, 5) is 0.733. The number of hydrogen-bond acceptors (Lipinski definition) is 1. The zero-order valence-electron chi connectivity index (χ0n) is 6.29. The van der Waals surface area contributed by atoms with Crippen molar-refractivity contribution in [2.75, 3.05) is 0 Å². The molecule has 1 aliphatic carbocycles. The Kier molecular flexibility index (Phi) is 2.33. The molecule has 1 aromatic rings. The summed E-state index contributed by atoms with van der Waals surface area (Å²) in [5.74, 6) is 0.967. The van der Waals surface area contributed by atoms with E-state index in [1.54, 1.807) is 11.3 Å². The van der Waals surface area contributed by atoms with Crippen LogP contribution in [0.1, 0.15) is 18.4 Å². The third-order valence-electron chi connectivity index (χ3n) is 2.14. The molecule has 2 heteroatoms. The van der Waals surface area contributed by atoms with Gasteiger partial charge in [-0.1, -0.05) is 15.9 Å². The van der Waals surface area contributed by atoms with Crippen LogP contribution in [0.3, 0.4) is 0 Å². The molecule has 1 saturated carbocycles.